The van der Waals surface area contributed by atoms with E-state index in [4.69, 9.17) is 4.74 Å². The maximum absolute atomic E-state index is 12.6. The Morgan fingerprint density at radius 2 is 2.04 bits per heavy atom. The van der Waals surface area contributed by atoms with Crippen LogP contribution in [0.1, 0.15) is 40.9 Å². The van der Waals surface area contributed by atoms with E-state index in [0.29, 0.717) is 23.8 Å². The number of hydrogen-bond donors (Lipinski definition) is 1. The van der Waals surface area contributed by atoms with Gasteiger partial charge in [-0.1, -0.05) is 19.9 Å². The number of imidazole rings is 1. The second-order valence-corrected chi connectivity index (χ2v) is 7.46. The van der Waals surface area contributed by atoms with E-state index in [9.17, 15) is 4.79 Å². The average Bonchev–Trinajstić information content (AvgIpc) is 3.29. The third kappa shape index (κ3) is 4.32. The first-order chi connectivity index (χ1) is 12.5. The molecule has 0 spiro atoms. The van der Waals surface area contributed by atoms with Gasteiger partial charge in [-0.2, -0.15) is 0 Å². The Kier molecular flexibility index (Phi) is 5.73. The SMILES string of the molecule is CC(C)C(NC(=O)c1ccc(OCc2nccn2C)cc1)c1cccs1. The molecule has 0 saturated carbocycles. The molecular weight excluding hydrogens is 346 g/mol. The maximum Gasteiger partial charge on any atom is 0.251 e. The number of hydrogen-bond acceptors (Lipinski definition) is 4. The molecule has 2 heterocycles. The van der Waals surface area contributed by atoms with Crippen molar-refractivity contribution in [3.05, 3.63) is 70.4 Å². The smallest absolute Gasteiger partial charge is 0.251 e. The van der Waals surface area contributed by atoms with E-state index in [1.54, 1.807) is 29.7 Å². The molecule has 136 valence electrons. The average molecular weight is 369 g/mol. The van der Waals surface area contributed by atoms with Gasteiger partial charge in [0.25, 0.3) is 5.91 Å². The van der Waals surface area contributed by atoms with Crippen LogP contribution in [0.3, 0.4) is 0 Å². The fourth-order valence-corrected chi connectivity index (χ4v) is 3.59. The quantitative estimate of drug-likeness (QED) is 0.679. The Bertz CT molecular complexity index is 838. The lowest BCUT2D eigenvalue weighted by atomic mass is 10.0. The van der Waals surface area contributed by atoms with Gasteiger partial charge < -0.3 is 14.6 Å². The molecule has 0 radical (unpaired) electrons. The topological polar surface area (TPSA) is 56.1 Å². The maximum atomic E-state index is 12.6. The number of nitrogens with one attached hydrogen (secondary N) is 1. The molecule has 0 fully saturated rings. The molecule has 2 aromatic heterocycles. The van der Waals surface area contributed by atoms with Crippen LogP contribution in [0, 0.1) is 5.92 Å². The largest absolute Gasteiger partial charge is 0.486 e. The number of rotatable bonds is 7. The third-order valence-corrected chi connectivity index (χ3v) is 5.16. The second kappa shape index (κ2) is 8.19. The normalized spacial score (nSPS) is 12.2. The summed E-state index contributed by atoms with van der Waals surface area (Å²) in [4.78, 5) is 18.0. The van der Waals surface area contributed by atoms with Gasteiger partial charge in [0.05, 0.1) is 6.04 Å². The summed E-state index contributed by atoms with van der Waals surface area (Å²) < 4.78 is 7.65. The lowest BCUT2D eigenvalue weighted by Gasteiger charge is -2.21. The molecule has 1 atom stereocenters. The predicted octanol–water partition coefficient (Wildman–Crippen LogP) is 4.19. The zero-order valence-corrected chi connectivity index (χ0v) is 16.0. The van der Waals surface area contributed by atoms with Gasteiger partial charge in [-0.25, -0.2) is 4.98 Å². The molecular formula is C20H23N3O2S. The summed E-state index contributed by atoms with van der Waals surface area (Å²) in [7, 11) is 1.93. The van der Waals surface area contributed by atoms with Crippen molar-refractivity contribution in [1.29, 1.82) is 0 Å². The summed E-state index contributed by atoms with van der Waals surface area (Å²) >= 11 is 1.66. The predicted molar refractivity (Wildman–Crippen MR) is 103 cm³/mol. The third-order valence-electron chi connectivity index (χ3n) is 4.21. The van der Waals surface area contributed by atoms with E-state index in [0.717, 1.165) is 5.82 Å². The molecule has 0 aliphatic rings. The van der Waals surface area contributed by atoms with Crippen molar-refractivity contribution in [1.82, 2.24) is 14.9 Å². The van der Waals surface area contributed by atoms with Gasteiger partial charge in [-0.15, -0.1) is 11.3 Å². The molecule has 26 heavy (non-hydrogen) atoms. The number of carbonyl (C=O) groups excluding carboxylic acids is 1. The van der Waals surface area contributed by atoms with Crippen LogP contribution < -0.4 is 10.1 Å². The van der Waals surface area contributed by atoms with E-state index < -0.39 is 0 Å². The van der Waals surface area contributed by atoms with Crippen LogP contribution in [-0.2, 0) is 13.7 Å². The molecule has 5 nitrogen and oxygen atoms in total. The van der Waals surface area contributed by atoms with E-state index in [1.807, 2.05) is 41.4 Å². The lowest BCUT2D eigenvalue weighted by molar-refractivity contribution is 0.0926. The van der Waals surface area contributed by atoms with E-state index in [2.05, 4.69) is 30.2 Å². The Labute approximate surface area is 157 Å². The number of ether oxygens (including phenoxy) is 1. The summed E-state index contributed by atoms with van der Waals surface area (Å²) in [5.74, 6) is 1.80. The fraction of sp³-hybridized carbons (Fsp3) is 0.300. The molecule has 1 unspecified atom stereocenters. The minimum absolute atomic E-state index is 0.0156. The minimum Gasteiger partial charge on any atom is -0.486 e. The summed E-state index contributed by atoms with van der Waals surface area (Å²) in [6.45, 7) is 4.61. The van der Waals surface area contributed by atoms with Crippen LogP contribution in [0.15, 0.2) is 54.2 Å². The number of amides is 1. The highest BCUT2D eigenvalue weighted by Crippen LogP contribution is 2.26. The van der Waals surface area contributed by atoms with Gasteiger partial charge in [-0.05, 0) is 41.6 Å². The van der Waals surface area contributed by atoms with Crippen LogP contribution in [0.4, 0.5) is 0 Å². The molecule has 1 amide bonds. The molecule has 1 N–H and O–H groups in total. The van der Waals surface area contributed by atoms with Crippen molar-refractivity contribution in [3.63, 3.8) is 0 Å². The van der Waals surface area contributed by atoms with E-state index in [1.165, 1.54) is 4.88 Å². The fourth-order valence-electron chi connectivity index (χ4n) is 2.65. The molecule has 0 aliphatic carbocycles. The summed E-state index contributed by atoms with van der Waals surface area (Å²) in [6, 6.07) is 11.3. The summed E-state index contributed by atoms with van der Waals surface area (Å²) in [5, 5.41) is 5.17. The Balaban J connectivity index is 1.62. The van der Waals surface area contributed by atoms with Crippen molar-refractivity contribution in [3.8, 4) is 5.75 Å². The molecule has 3 rings (SSSR count). The van der Waals surface area contributed by atoms with Crippen molar-refractivity contribution in [2.24, 2.45) is 13.0 Å². The first kappa shape index (κ1) is 18.2. The number of benzene rings is 1. The van der Waals surface area contributed by atoms with Gasteiger partial charge in [0, 0.05) is 29.9 Å². The minimum atomic E-state index is -0.0762. The van der Waals surface area contributed by atoms with Crippen LogP contribution in [0.25, 0.3) is 0 Å². The molecule has 6 heteroatoms. The van der Waals surface area contributed by atoms with Crippen molar-refractivity contribution >= 4 is 17.2 Å². The van der Waals surface area contributed by atoms with Crippen LogP contribution >= 0.6 is 11.3 Å². The van der Waals surface area contributed by atoms with Gasteiger partial charge in [0.1, 0.15) is 18.2 Å². The van der Waals surface area contributed by atoms with Gasteiger partial charge >= 0.3 is 0 Å². The first-order valence-corrected chi connectivity index (χ1v) is 9.46. The first-order valence-electron chi connectivity index (χ1n) is 8.58. The van der Waals surface area contributed by atoms with Crippen molar-refractivity contribution < 1.29 is 9.53 Å². The van der Waals surface area contributed by atoms with E-state index in [-0.39, 0.29) is 11.9 Å². The van der Waals surface area contributed by atoms with Gasteiger partial charge in [0.2, 0.25) is 0 Å². The van der Waals surface area contributed by atoms with Crippen LogP contribution in [0.2, 0.25) is 0 Å². The van der Waals surface area contributed by atoms with Crippen LogP contribution in [-0.4, -0.2) is 15.5 Å². The zero-order valence-electron chi connectivity index (χ0n) is 15.2. The molecule has 0 aliphatic heterocycles. The summed E-state index contributed by atoms with van der Waals surface area (Å²) in [6.07, 6.45) is 3.62. The van der Waals surface area contributed by atoms with Gasteiger partial charge in [-0.3, -0.25) is 4.79 Å². The highest BCUT2D eigenvalue weighted by Gasteiger charge is 2.20. The molecule has 3 aromatic rings. The second-order valence-electron chi connectivity index (χ2n) is 6.48. The zero-order chi connectivity index (χ0) is 18.5. The highest BCUT2D eigenvalue weighted by molar-refractivity contribution is 7.10. The Hall–Kier alpha value is -2.60. The Morgan fingerprint density at radius 3 is 2.62 bits per heavy atom. The lowest BCUT2D eigenvalue weighted by Crippen LogP contribution is -2.31. The van der Waals surface area contributed by atoms with E-state index >= 15 is 0 Å². The van der Waals surface area contributed by atoms with Crippen molar-refractivity contribution in [2.75, 3.05) is 0 Å². The Morgan fingerprint density at radius 1 is 1.27 bits per heavy atom. The van der Waals surface area contributed by atoms with Crippen LogP contribution in [0.5, 0.6) is 5.75 Å². The number of nitrogens with zero attached hydrogens (tertiary/aromatic N) is 2. The number of carbonyl (C=O) groups is 1. The number of thiophene rings is 1. The standard InChI is InChI=1S/C20H23N3O2S/c1-14(2)19(17-5-4-12-26-17)22-20(24)15-6-8-16(9-7-15)25-13-18-21-10-11-23(18)3/h4-12,14,19H,13H2,1-3H3,(H,22,24). The molecule has 0 bridgehead atoms. The highest BCUT2D eigenvalue weighted by atomic mass is 32.1. The summed E-state index contributed by atoms with van der Waals surface area (Å²) in [5.41, 5.74) is 0.622. The molecule has 0 saturated heterocycles. The monoisotopic (exact) mass is 369 g/mol. The number of aryl methyl sites for hydroxylation is 1. The molecule has 1 aromatic carbocycles. The number of aromatic nitrogens is 2. The van der Waals surface area contributed by atoms with Crippen molar-refractivity contribution in [2.45, 2.75) is 26.5 Å². The van der Waals surface area contributed by atoms with Gasteiger partial charge in [0.15, 0.2) is 0 Å².